The summed E-state index contributed by atoms with van der Waals surface area (Å²) >= 11 is 0. The Balaban J connectivity index is 1.95. The molecule has 90 valence electrons. The first-order valence-corrected chi connectivity index (χ1v) is 5.55. The van der Waals surface area contributed by atoms with Crippen LogP contribution in [0.25, 0.3) is 0 Å². The molecular weight excluding hydrogens is 226 g/mol. The Bertz CT molecular complexity index is 541. The van der Waals surface area contributed by atoms with E-state index in [1.54, 1.807) is 25.4 Å². The average Bonchev–Trinajstić information content (AvgIpc) is 2.46. The first kappa shape index (κ1) is 11.9. The maximum atomic E-state index is 8.66. The lowest BCUT2D eigenvalue weighted by Crippen LogP contribution is -2.01. The molecule has 0 aliphatic carbocycles. The fourth-order valence-corrected chi connectivity index (χ4v) is 1.50. The molecule has 2 rings (SSSR count). The number of benzene rings is 1. The second-order valence-electron chi connectivity index (χ2n) is 3.75. The van der Waals surface area contributed by atoms with Crippen LogP contribution in [-0.4, -0.2) is 12.1 Å². The highest BCUT2D eigenvalue weighted by Crippen LogP contribution is 2.12. The SMILES string of the molecule is COc1ccc(CNc2ccc(C#N)cn2)cc1. The van der Waals surface area contributed by atoms with E-state index >= 15 is 0 Å². The van der Waals surface area contributed by atoms with E-state index in [1.165, 1.54) is 0 Å². The molecule has 1 aromatic heterocycles. The molecule has 0 unspecified atom stereocenters. The van der Waals surface area contributed by atoms with E-state index in [0.29, 0.717) is 12.1 Å². The summed E-state index contributed by atoms with van der Waals surface area (Å²) in [6, 6.07) is 13.4. The van der Waals surface area contributed by atoms with Gasteiger partial charge in [0, 0.05) is 12.7 Å². The zero-order valence-corrected chi connectivity index (χ0v) is 10.1. The van der Waals surface area contributed by atoms with Gasteiger partial charge in [0.2, 0.25) is 0 Å². The van der Waals surface area contributed by atoms with Crippen molar-refractivity contribution in [2.45, 2.75) is 6.54 Å². The van der Waals surface area contributed by atoms with Gasteiger partial charge in [-0.05, 0) is 29.8 Å². The van der Waals surface area contributed by atoms with E-state index in [9.17, 15) is 0 Å². The van der Waals surface area contributed by atoms with Gasteiger partial charge < -0.3 is 10.1 Å². The minimum absolute atomic E-state index is 0.560. The number of hydrogen-bond acceptors (Lipinski definition) is 4. The molecule has 1 heterocycles. The van der Waals surface area contributed by atoms with Crippen molar-refractivity contribution in [2.24, 2.45) is 0 Å². The summed E-state index contributed by atoms with van der Waals surface area (Å²) in [7, 11) is 1.65. The quantitative estimate of drug-likeness (QED) is 0.890. The molecule has 0 amide bonds. The van der Waals surface area contributed by atoms with Crippen LogP contribution < -0.4 is 10.1 Å². The first-order valence-electron chi connectivity index (χ1n) is 5.55. The summed E-state index contributed by atoms with van der Waals surface area (Å²) in [5, 5.41) is 11.9. The molecule has 4 nitrogen and oxygen atoms in total. The van der Waals surface area contributed by atoms with Gasteiger partial charge in [-0.2, -0.15) is 5.26 Å². The third kappa shape index (κ3) is 2.98. The summed E-state index contributed by atoms with van der Waals surface area (Å²) in [6.07, 6.45) is 1.55. The number of rotatable bonds is 4. The Hall–Kier alpha value is -2.54. The molecule has 0 radical (unpaired) electrons. The van der Waals surface area contributed by atoms with E-state index in [2.05, 4.69) is 10.3 Å². The number of hydrogen-bond donors (Lipinski definition) is 1. The van der Waals surface area contributed by atoms with E-state index in [-0.39, 0.29) is 0 Å². The molecule has 18 heavy (non-hydrogen) atoms. The van der Waals surface area contributed by atoms with Crippen LogP contribution in [0.1, 0.15) is 11.1 Å². The first-order chi connectivity index (χ1) is 8.81. The molecule has 0 saturated heterocycles. The van der Waals surface area contributed by atoms with Gasteiger partial charge in [0.05, 0.1) is 12.7 Å². The van der Waals surface area contributed by atoms with Crippen LogP contribution in [0.15, 0.2) is 42.6 Å². The largest absolute Gasteiger partial charge is 0.497 e. The summed E-state index contributed by atoms with van der Waals surface area (Å²) in [4.78, 5) is 4.14. The Labute approximate surface area is 106 Å². The van der Waals surface area contributed by atoms with Gasteiger partial charge in [-0.25, -0.2) is 4.98 Å². The number of nitriles is 1. The summed E-state index contributed by atoms with van der Waals surface area (Å²) < 4.78 is 5.09. The third-order valence-electron chi connectivity index (χ3n) is 2.53. The molecular formula is C14H13N3O. The predicted octanol–water partition coefficient (Wildman–Crippen LogP) is 2.57. The molecule has 0 aliphatic heterocycles. The molecule has 2 aromatic rings. The molecule has 0 saturated carbocycles. The van der Waals surface area contributed by atoms with Crippen LogP contribution in [0, 0.1) is 11.3 Å². The molecule has 0 fully saturated rings. The van der Waals surface area contributed by atoms with Crippen molar-refractivity contribution in [3.8, 4) is 11.8 Å². The van der Waals surface area contributed by atoms with Crippen molar-refractivity contribution in [1.82, 2.24) is 4.98 Å². The second-order valence-corrected chi connectivity index (χ2v) is 3.75. The van der Waals surface area contributed by atoms with Crippen LogP contribution in [-0.2, 0) is 6.54 Å². The molecule has 0 bridgehead atoms. The normalized spacial score (nSPS) is 9.56. The van der Waals surface area contributed by atoms with E-state index in [0.717, 1.165) is 17.1 Å². The third-order valence-corrected chi connectivity index (χ3v) is 2.53. The second kappa shape index (κ2) is 5.69. The van der Waals surface area contributed by atoms with Gasteiger partial charge in [-0.15, -0.1) is 0 Å². The minimum Gasteiger partial charge on any atom is -0.497 e. The zero-order chi connectivity index (χ0) is 12.8. The fourth-order valence-electron chi connectivity index (χ4n) is 1.50. The summed E-state index contributed by atoms with van der Waals surface area (Å²) in [5.74, 6) is 1.60. The molecule has 0 atom stereocenters. The number of aromatic nitrogens is 1. The van der Waals surface area contributed by atoms with Crippen LogP contribution >= 0.6 is 0 Å². The van der Waals surface area contributed by atoms with E-state index in [1.807, 2.05) is 30.3 Å². The minimum atomic E-state index is 0.560. The van der Waals surface area contributed by atoms with Crippen LogP contribution in [0.3, 0.4) is 0 Å². The lowest BCUT2D eigenvalue weighted by atomic mass is 10.2. The van der Waals surface area contributed by atoms with Crippen LogP contribution in [0.2, 0.25) is 0 Å². The molecule has 0 spiro atoms. The number of nitrogens with one attached hydrogen (secondary N) is 1. The van der Waals surface area contributed by atoms with Gasteiger partial charge in [0.15, 0.2) is 0 Å². The zero-order valence-electron chi connectivity index (χ0n) is 10.1. The highest BCUT2D eigenvalue weighted by Gasteiger charge is 1.97. The Morgan fingerprint density at radius 3 is 2.56 bits per heavy atom. The topological polar surface area (TPSA) is 57.9 Å². The molecule has 4 heteroatoms. The van der Waals surface area contributed by atoms with Gasteiger partial charge in [-0.1, -0.05) is 12.1 Å². The Morgan fingerprint density at radius 1 is 1.22 bits per heavy atom. The van der Waals surface area contributed by atoms with E-state index < -0.39 is 0 Å². The molecule has 0 aliphatic rings. The standard InChI is InChI=1S/C14H13N3O/c1-18-13-5-2-11(3-6-13)9-16-14-7-4-12(8-15)10-17-14/h2-7,10H,9H2,1H3,(H,16,17). The lowest BCUT2D eigenvalue weighted by molar-refractivity contribution is 0.414. The highest BCUT2D eigenvalue weighted by molar-refractivity contribution is 5.40. The van der Waals surface area contributed by atoms with Crippen molar-refractivity contribution in [3.63, 3.8) is 0 Å². The number of nitrogens with zero attached hydrogens (tertiary/aromatic N) is 2. The van der Waals surface area contributed by atoms with Gasteiger partial charge in [0.1, 0.15) is 17.6 Å². The Kier molecular flexibility index (Phi) is 3.77. The van der Waals surface area contributed by atoms with Crippen molar-refractivity contribution < 1.29 is 4.74 Å². The van der Waals surface area contributed by atoms with Crippen molar-refractivity contribution >= 4 is 5.82 Å². The average molecular weight is 239 g/mol. The maximum absolute atomic E-state index is 8.66. The lowest BCUT2D eigenvalue weighted by Gasteiger charge is -2.06. The van der Waals surface area contributed by atoms with E-state index in [4.69, 9.17) is 10.00 Å². The van der Waals surface area contributed by atoms with Gasteiger partial charge in [0.25, 0.3) is 0 Å². The van der Waals surface area contributed by atoms with Gasteiger partial charge >= 0.3 is 0 Å². The number of pyridine rings is 1. The smallest absolute Gasteiger partial charge is 0.126 e. The molecule has 1 aromatic carbocycles. The predicted molar refractivity (Wildman–Crippen MR) is 69.3 cm³/mol. The number of ether oxygens (including phenoxy) is 1. The van der Waals surface area contributed by atoms with Crippen molar-refractivity contribution in [1.29, 1.82) is 5.26 Å². The number of methoxy groups -OCH3 is 1. The highest BCUT2D eigenvalue weighted by atomic mass is 16.5. The maximum Gasteiger partial charge on any atom is 0.126 e. The summed E-state index contributed by atoms with van der Waals surface area (Å²) in [6.45, 7) is 0.683. The number of anilines is 1. The van der Waals surface area contributed by atoms with Crippen molar-refractivity contribution in [2.75, 3.05) is 12.4 Å². The summed E-state index contributed by atoms with van der Waals surface area (Å²) in [5.41, 5.74) is 1.70. The Morgan fingerprint density at radius 2 is 2.00 bits per heavy atom. The van der Waals surface area contributed by atoms with Gasteiger partial charge in [-0.3, -0.25) is 0 Å². The van der Waals surface area contributed by atoms with Crippen LogP contribution in [0.5, 0.6) is 5.75 Å². The monoisotopic (exact) mass is 239 g/mol. The van der Waals surface area contributed by atoms with Crippen molar-refractivity contribution in [3.05, 3.63) is 53.7 Å². The molecule has 1 N–H and O–H groups in total. The fraction of sp³-hybridized carbons (Fsp3) is 0.143. The van der Waals surface area contributed by atoms with Crippen LogP contribution in [0.4, 0.5) is 5.82 Å².